The average Bonchev–Trinajstić information content (AvgIpc) is 3.21. The molecule has 0 atom stereocenters. The molecule has 1 aromatic carbocycles. The zero-order valence-electron chi connectivity index (χ0n) is 17.7. The first-order chi connectivity index (χ1) is 17.5. The molecule has 0 radical (unpaired) electrons. The van der Waals surface area contributed by atoms with Crippen LogP contribution in [-0.4, -0.2) is 48.3 Å². The van der Waals surface area contributed by atoms with Gasteiger partial charge in [0.25, 0.3) is 0 Å². The van der Waals surface area contributed by atoms with Crippen LogP contribution >= 0.6 is 28.5 Å². The molecule has 0 aliphatic carbocycles. The first kappa shape index (κ1) is 33.1. The fourth-order valence-corrected chi connectivity index (χ4v) is 15.0. The quantitative estimate of drug-likeness (QED) is 0.229. The Hall–Kier alpha value is -1.45. The van der Waals surface area contributed by atoms with Gasteiger partial charge in [0.05, 0.1) is 0 Å². The van der Waals surface area contributed by atoms with E-state index >= 15 is 0 Å². The van der Waals surface area contributed by atoms with Crippen molar-refractivity contribution in [3.63, 3.8) is 0 Å². The van der Waals surface area contributed by atoms with Crippen LogP contribution in [0.5, 0.6) is 5.75 Å². The summed E-state index contributed by atoms with van der Waals surface area (Å²) in [5, 5.41) is 0. The number of rotatable bonds is 2. The molecule has 1 spiro atoms. The van der Waals surface area contributed by atoms with Crippen LogP contribution in [0.3, 0.4) is 0 Å². The van der Waals surface area contributed by atoms with E-state index in [1.165, 1.54) is 0 Å². The number of hydrogen-bond donors (Lipinski definition) is 0. The van der Waals surface area contributed by atoms with Crippen LogP contribution in [0.25, 0.3) is 0 Å². The van der Waals surface area contributed by atoms with Gasteiger partial charge in [-0.25, -0.2) is 0 Å². The fraction of sp³-hybridized carbons (Fsp3) is 0.500. The molecule has 2 aliphatic heterocycles. The molecule has 40 heavy (non-hydrogen) atoms. The van der Waals surface area contributed by atoms with Crippen molar-refractivity contribution in [1.82, 2.24) is 0 Å². The summed E-state index contributed by atoms with van der Waals surface area (Å²) in [5.74, 6) is -1.41. The summed E-state index contributed by atoms with van der Waals surface area (Å²) in [6.07, 6.45) is -44.6. The summed E-state index contributed by atoms with van der Waals surface area (Å²) in [6.45, 7) is 0. The summed E-state index contributed by atoms with van der Waals surface area (Å²) in [6, 6.07) is 3.08. The number of alkyl halides is 18. The standard InChI is InChI=1S/C16H5F18O3PS2/c17-9(18,19)7-8(10(20,21)22)40-38(39-7,35-6-4-2-1-3-5-6)36-11(13(23,24)25,14(26,27)28)12(37-38,15(29,30)31)16(32,33)34/h1-5H. The molecule has 230 valence electrons. The van der Waals surface area contributed by atoms with Crippen molar-refractivity contribution in [2.24, 2.45) is 0 Å². The normalized spacial score (nSPS) is 24.2. The number of halogens is 18. The van der Waals surface area contributed by atoms with E-state index in [1.807, 2.05) is 0 Å². The van der Waals surface area contributed by atoms with Crippen molar-refractivity contribution in [2.45, 2.75) is 48.3 Å². The van der Waals surface area contributed by atoms with Crippen LogP contribution in [0.1, 0.15) is 0 Å². The molecule has 0 bridgehead atoms. The molecule has 1 aromatic rings. The van der Waals surface area contributed by atoms with Crippen molar-refractivity contribution >= 4 is 28.5 Å². The maximum absolute atomic E-state index is 14.0. The molecule has 0 amide bonds. The molecule has 3 nitrogen and oxygen atoms in total. The second-order valence-electron chi connectivity index (χ2n) is 7.52. The third-order valence-electron chi connectivity index (χ3n) is 4.86. The van der Waals surface area contributed by atoms with E-state index < -0.39 is 92.3 Å². The molecule has 0 N–H and O–H groups in total. The third kappa shape index (κ3) is 4.66. The molecule has 24 heteroatoms. The molecule has 0 saturated carbocycles. The molecular formula is C16H5F18O3PS2. The summed E-state index contributed by atoms with van der Waals surface area (Å²) < 4.78 is 261. The molecule has 0 aromatic heterocycles. The summed E-state index contributed by atoms with van der Waals surface area (Å²) >= 11 is -4.13. The van der Waals surface area contributed by atoms with Crippen LogP contribution in [0.15, 0.2) is 40.1 Å². The average molecular weight is 682 g/mol. The number of allylic oxidation sites excluding steroid dienone is 2. The van der Waals surface area contributed by atoms with Gasteiger partial charge >= 0.3 is 215 Å². The Morgan fingerprint density at radius 3 is 1.07 bits per heavy atom. The van der Waals surface area contributed by atoms with Crippen LogP contribution in [0.4, 0.5) is 79.0 Å². The molecular weight excluding hydrogens is 677 g/mol. The molecule has 1 fully saturated rings. The minimum atomic E-state index is -8.41. The second kappa shape index (κ2) is 8.79. The van der Waals surface area contributed by atoms with Gasteiger partial charge in [0.1, 0.15) is 0 Å². The first-order valence-electron chi connectivity index (χ1n) is 9.25. The van der Waals surface area contributed by atoms with Gasteiger partial charge in [0, 0.05) is 0 Å². The van der Waals surface area contributed by atoms with E-state index in [0.29, 0.717) is 24.3 Å². The summed E-state index contributed by atoms with van der Waals surface area (Å²) in [4.78, 5) is -6.56. The Labute approximate surface area is 215 Å². The van der Waals surface area contributed by atoms with Crippen LogP contribution < -0.4 is 4.52 Å². The van der Waals surface area contributed by atoms with Gasteiger partial charge in [0.15, 0.2) is 0 Å². The molecule has 2 aliphatic rings. The van der Waals surface area contributed by atoms with Gasteiger partial charge in [-0.3, -0.25) is 0 Å². The van der Waals surface area contributed by atoms with E-state index in [9.17, 15) is 79.0 Å². The number of hydrogen-bond acceptors (Lipinski definition) is 5. The SMILES string of the molecule is FC(F)(F)C1=C(C(F)(F)F)SP2(Oc3ccccc3)(OC(C(F)(F)F)(C(F)(F)F)C(C(F)(F)F)(C(F)(F)F)O2)S1. The predicted octanol–water partition coefficient (Wildman–Crippen LogP) is 9.78. The van der Waals surface area contributed by atoms with E-state index in [4.69, 9.17) is 0 Å². The third-order valence-corrected chi connectivity index (χ3v) is 14.0. The fourth-order valence-electron chi connectivity index (χ4n) is 3.48. The van der Waals surface area contributed by atoms with Crippen LogP contribution in [-0.2, 0) is 9.05 Å². The van der Waals surface area contributed by atoms with E-state index in [-0.39, 0.29) is 0 Å². The Balaban J connectivity index is 2.60. The van der Waals surface area contributed by atoms with E-state index in [1.54, 1.807) is 0 Å². The van der Waals surface area contributed by atoms with Gasteiger partial charge in [-0.15, -0.1) is 0 Å². The molecule has 1 saturated heterocycles. The van der Waals surface area contributed by atoms with Gasteiger partial charge in [0.2, 0.25) is 0 Å². The number of benzene rings is 1. The van der Waals surface area contributed by atoms with Crippen molar-refractivity contribution in [1.29, 1.82) is 0 Å². The maximum atomic E-state index is 14.0. The van der Waals surface area contributed by atoms with Crippen molar-refractivity contribution in [3.8, 4) is 5.75 Å². The van der Waals surface area contributed by atoms with Gasteiger partial charge in [-0.05, 0) is 0 Å². The Morgan fingerprint density at radius 2 is 0.825 bits per heavy atom. The molecule has 3 rings (SSSR count). The monoisotopic (exact) mass is 682 g/mol. The van der Waals surface area contributed by atoms with E-state index in [2.05, 4.69) is 13.6 Å². The zero-order chi connectivity index (χ0) is 31.3. The predicted molar refractivity (Wildman–Crippen MR) is 100 cm³/mol. The van der Waals surface area contributed by atoms with E-state index in [0.717, 1.165) is 6.07 Å². The molecule has 2 heterocycles. The summed E-state index contributed by atoms with van der Waals surface area (Å²) in [5.41, 5.74) is -23.8. The Bertz CT molecular complexity index is 1080. The number of para-hydroxylation sites is 1. The van der Waals surface area contributed by atoms with Gasteiger partial charge < -0.3 is 0 Å². The van der Waals surface area contributed by atoms with Crippen molar-refractivity contribution in [2.75, 3.05) is 0 Å². The van der Waals surface area contributed by atoms with Crippen LogP contribution in [0.2, 0.25) is 0 Å². The van der Waals surface area contributed by atoms with Gasteiger partial charge in [-0.1, -0.05) is 0 Å². The Morgan fingerprint density at radius 1 is 0.525 bits per heavy atom. The van der Waals surface area contributed by atoms with Crippen molar-refractivity contribution in [3.05, 3.63) is 40.1 Å². The minimum absolute atomic E-state index is 0.359. The zero-order valence-corrected chi connectivity index (χ0v) is 20.2. The first-order valence-corrected chi connectivity index (χ1v) is 14.1. The summed E-state index contributed by atoms with van der Waals surface area (Å²) in [7, 11) is 0. The van der Waals surface area contributed by atoms with Crippen LogP contribution in [0, 0.1) is 0 Å². The second-order valence-corrected chi connectivity index (χ2v) is 16.3. The van der Waals surface area contributed by atoms with Gasteiger partial charge in [-0.2, -0.15) is 0 Å². The topological polar surface area (TPSA) is 27.7 Å². The van der Waals surface area contributed by atoms with Crippen molar-refractivity contribution < 1.29 is 92.6 Å². The molecule has 0 unspecified atom stereocenters. The Kier molecular flexibility index (Phi) is 7.26.